The van der Waals surface area contributed by atoms with Crippen LogP contribution in [0.3, 0.4) is 0 Å². The molecule has 26 valence electrons. The van der Waals surface area contributed by atoms with E-state index in [9.17, 15) is 0 Å². The standard InChI is InChI=1S/C2H5ClS/c1-4-2-3/h2H2,1H3/i1D3,2D2. The van der Waals surface area contributed by atoms with E-state index < -0.39 is 11.3 Å². The predicted molar refractivity (Wildman–Crippen MR) is 24.2 cm³/mol. The summed E-state index contributed by atoms with van der Waals surface area (Å²) < 4.78 is 32.9. The lowest BCUT2D eigenvalue weighted by Crippen LogP contribution is -1.45. The van der Waals surface area contributed by atoms with Gasteiger partial charge in [-0.25, -0.2) is 0 Å². The molecule has 0 saturated carbocycles. The Morgan fingerprint density at radius 3 is 3.50 bits per heavy atom. The van der Waals surface area contributed by atoms with Crippen molar-refractivity contribution in [3.8, 4) is 0 Å². The molecule has 0 aromatic carbocycles. The Labute approximate surface area is 42.6 Å². The van der Waals surface area contributed by atoms with Crippen LogP contribution in [0.2, 0.25) is 0 Å². The Kier molecular flexibility index (Phi) is 0.749. The summed E-state index contributed by atoms with van der Waals surface area (Å²) in [6.45, 7) is 0. The summed E-state index contributed by atoms with van der Waals surface area (Å²) in [4.78, 5) is 0. The van der Waals surface area contributed by atoms with E-state index in [-0.39, 0.29) is 11.8 Å². The first kappa shape index (κ1) is 0.824. The van der Waals surface area contributed by atoms with Crippen LogP contribution in [0, 0.1) is 0 Å². The molecule has 0 nitrogen and oxygen atoms in total. The van der Waals surface area contributed by atoms with Gasteiger partial charge >= 0.3 is 0 Å². The van der Waals surface area contributed by atoms with Crippen LogP contribution < -0.4 is 0 Å². The molecule has 0 aliphatic rings. The molecule has 2 heteroatoms. The molecule has 0 bridgehead atoms. The molecule has 0 unspecified atom stereocenters. The van der Waals surface area contributed by atoms with Crippen LogP contribution in [0.1, 0.15) is 6.85 Å². The second kappa shape index (κ2) is 3.64. The van der Waals surface area contributed by atoms with Crippen LogP contribution in [0.15, 0.2) is 0 Å². The molecule has 0 amide bonds. The fourth-order valence-corrected chi connectivity index (χ4v) is 0. The first-order chi connectivity index (χ1) is 3.71. The van der Waals surface area contributed by atoms with E-state index in [0.29, 0.717) is 0 Å². The minimum absolute atomic E-state index is 0.113. The molecule has 0 spiro atoms. The van der Waals surface area contributed by atoms with Crippen LogP contribution in [-0.2, 0) is 0 Å². The third-order valence-corrected chi connectivity index (χ3v) is 0.347. The molecule has 0 fully saturated rings. The highest BCUT2D eigenvalue weighted by molar-refractivity contribution is 7.99. The molecular formula is C2H5ClS. The lowest BCUT2D eigenvalue weighted by Gasteiger charge is -1.67. The number of hydrogen-bond acceptors (Lipinski definition) is 1. The quantitative estimate of drug-likeness (QED) is 0.452. The molecular weight excluding hydrogens is 91.5 g/mol. The van der Waals surface area contributed by atoms with Gasteiger partial charge in [0, 0.05) is 4.11 Å². The van der Waals surface area contributed by atoms with E-state index in [1.807, 2.05) is 0 Å². The molecule has 0 atom stereocenters. The smallest absolute Gasteiger partial charge is 0.0677 e. The van der Waals surface area contributed by atoms with Crippen molar-refractivity contribution in [1.82, 2.24) is 0 Å². The summed E-state index contributed by atoms with van der Waals surface area (Å²) in [6.07, 6.45) is -2.36. The summed E-state index contributed by atoms with van der Waals surface area (Å²) in [5.41, 5.74) is 0. The van der Waals surface area contributed by atoms with Crippen LogP contribution in [0.25, 0.3) is 0 Å². The van der Waals surface area contributed by atoms with E-state index in [1.165, 1.54) is 0 Å². The van der Waals surface area contributed by atoms with Crippen LogP contribution in [0.4, 0.5) is 0 Å². The lowest BCUT2D eigenvalue weighted by atomic mass is 11.9. The van der Waals surface area contributed by atoms with Crippen molar-refractivity contribution in [2.45, 2.75) is 0 Å². The summed E-state index contributed by atoms with van der Waals surface area (Å²) in [7, 11) is 0. The van der Waals surface area contributed by atoms with Crippen molar-refractivity contribution < 1.29 is 6.85 Å². The highest BCUT2D eigenvalue weighted by atomic mass is 35.5. The van der Waals surface area contributed by atoms with Gasteiger partial charge in [-0.1, -0.05) is 0 Å². The lowest BCUT2D eigenvalue weighted by molar-refractivity contribution is 2.20. The zero-order chi connectivity index (χ0) is 7.71. The number of rotatable bonds is 1. The molecule has 0 aromatic rings. The minimum atomic E-state index is -2.36. The third-order valence-electron chi connectivity index (χ3n) is 0.0386. The average molecular weight is 102 g/mol. The predicted octanol–water partition coefficient (Wildman–Crippen LogP) is 1.55. The van der Waals surface area contributed by atoms with E-state index in [0.717, 1.165) is 0 Å². The van der Waals surface area contributed by atoms with Crippen molar-refractivity contribution >= 4 is 23.4 Å². The van der Waals surface area contributed by atoms with Gasteiger partial charge in [-0.2, -0.15) is 0 Å². The SMILES string of the molecule is [2H]C([2H])([2H])SC([2H])([2H])Cl. The van der Waals surface area contributed by atoms with Crippen molar-refractivity contribution in [2.24, 2.45) is 0 Å². The molecule has 4 heavy (non-hydrogen) atoms. The molecule has 0 rings (SSSR count). The summed E-state index contributed by atoms with van der Waals surface area (Å²) in [5.74, 6) is 0. The Morgan fingerprint density at radius 2 is 3.50 bits per heavy atom. The topological polar surface area (TPSA) is 0 Å². The van der Waals surface area contributed by atoms with E-state index in [1.54, 1.807) is 0 Å². The van der Waals surface area contributed by atoms with Gasteiger partial charge in [-0.3, -0.25) is 0 Å². The van der Waals surface area contributed by atoms with Gasteiger partial charge < -0.3 is 0 Å². The van der Waals surface area contributed by atoms with E-state index >= 15 is 0 Å². The van der Waals surface area contributed by atoms with E-state index in [2.05, 4.69) is 0 Å². The highest BCUT2D eigenvalue weighted by Gasteiger charge is 1.57. The Hall–Kier alpha value is 0.640. The maximum Gasteiger partial charge on any atom is 0.0677 e. The third kappa shape index (κ3) is 2.64. The first-order valence-corrected chi connectivity index (χ1v) is 1.79. The zero-order valence-corrected chi connectivity index (χ0v) is 3.36. The summed E-state index contributed by atoms with van der Waals surface area (Å²) >= 11 is 5.07. The van der Waals surface area contributed by atoms with Gasteiger partial charge in [-0.05, 0) is 6.18 Å². The number of thioether (sulfide) groups is 1. The Morgan fingerprint density at radius 1 is 2.75 bits per heavy atom. The molecule has 0 aliphatic heterocycles. The van der Waals surface area contributed by atoms with Gasteiger partial charge in [0.2, 0.25) is 0 Å². The molecule has 0 N–H and O–H groups in total. The second-order valence-electron chi connectivity index (χ2n) is 0.179. The monoisotopic (exact) mass is 101 g/mol. The number of hydrogen-bond donors (Lipinski definition) is 0. The van der Waals surface area contributed by atoms with Crippen molar-refractivity contribution in [2.75, 3.05) is 11.3 Å². The summed E-state index contributed by atoms with van der Waals surface area (Å²) in [5, 5.41) is -2.19. The molecule has 0 radical (unpaired) electrons. The Bertz CT molecular complexity index is 80.1. The largest absolute Gasteiger partial charge is 0.149 e. The fourth-order valence-electron chi connectivity index (χ4n) is 0. The summed E-state index contributed by atoms with van der Waals surface area (Å²) in [6, 6.07) is 0. The normalized spacial score (nSPS) is 32.8. The molecule has 0 aromatic heterocycles. The molecule has 0 saturated heterocycles. The average Bonchev–Trinajstić information content (AvgIpc) is 1.14. The van der Waals surface area contributed by atoms with Gasteiger partial charge in [0.15, 0.2) is 0 Å². The second-order valence-corrected chi connectivity index (χ2v) is 1.00. The van der Waals surface area contributed by atoms with Gasteiger partial charge in [0.25, 0.3) is 0 Å². The minimum Gasteiger partial charge on any atom is -0.149 e. The first-order valence-electron chi connectivity index (χ1n) is 3.10. The molecule has 0 heterocycles. The van der Waals surface area contributed by atoms with Crippen LogP contribution in [-0.4, -0.2) is 11.3 Å². The van der Waals surface area contributed by atoms with E-state index in [4.69, 9.17) is 18.5 Å². The van der Waals surface area contributed by atoms with Gasteiger partial charge in [0.1, 0.15) is 0 Å². The van der Waals surface area contributed by atoms with Crippen molar-refractivity contribution in [1.29, 1.82) is 0 Å². The fraction of sp³-hybridized carbons (Fsp3) is 1.00. The molecule has 0 aliphatic carbocycles. The zero-order valence-electron chi connectivity index (χ0n) is 6.79. The number of alkyl halides is 1. The van der Waals surface area contributed by atoms with Crippen molar-refractivity contribution in [3.05, 3.63) is 0 Å². The maximum atomic E-state index is 6.62. The van der Waals surface area contributed by atoms with Gasteiger partial charge in [-0.15, -0.1) is 23.4 Å². The van der Waals surface area contributed by atoms with Crippen LogP contribution in [0.5, 0.6) is 0 Å². The Balaban J connectivity index is 3.75. The van der Waals surface area contributed by atoms with Crippen molar-refractivity contribution in [3.63, 3.8) is 0 Å². The highest BCUT2D eigenvalue weighted by Crippen LogP contribution is 1.90. The van der Waals surface area contributed by atoms with Gasteiger partial charge in [0.05, 0.1) is 7.91 Å². The maximum absolute atomic E-state index is 6.62. The van der Waals surface area contributed by atoms with Crippen LogP contribution >= 0.6 is 23.4 Å². The number of halogens is 1.